The van der Waals surface area contributed by atoms with E-state index in [1.165, 1.54) is 18.8 Å². The monoisotopic (exact) mass is 604 g/mol. The van der Waals surface area contributed by atoms with Crippen LogP contribution >= 0.6 is 11.6 Å². The van der Waals surface area contributed by atoms with Crippen molar-refractivity contribution in [3.63, 3.8) is 0 Å². The zero-order chi connectivity index (χ0) is 30.2. The summed E-state index contributed by atoms with van der Waals surface area (Å²) in [5.74, 6) is 1.04. The lowest BCUT2D eigenvalue weighted by molar-refractivity contribution is 0.568. The number of piperidine rings is 1. The Bertz CT molecular complexity index is 2100. The Morgan fingerprint density at radius 1 is 0.886 bits per heavy atom. The third kappa shape index (κ3) is 4.87. The lowest BCUT2D eigenvalue weighted by Crippen LogP contribution is -2.30. The average Bonchev–Trinajstić information content (AvgIpc) is 3.07. The number of hydrogen-bond donors (Lipinski definition) is 2. The number of aromatic nitrogens is 6. The molecule has 0 amide bonds. The van der Waals surface area contributed by atoms with E-state index < -0.39 is 6.04 Å². The SMILES string of the molecule is C[C@H](Nc1ncnc2[nH]ccc(=O)c12)c1c(Cl)c2cccc(-c3cnc(N4CCCCC4)nc3)c2c(=O)n1-c1ccccc1. The number of aromatic amines is 1. The number of nitrogens with zero attached hydrogens (tertiary/aromatic N) is 6. The summed E-state index contributed by atoms with van der Waals surface area (Å²) in [7, 11) is 0. The Morgan fingerprint density at radius 2 is 1.66 bits per heavy atom. The quantitative estimate of drug-likeness (QED) is 0.241. The van der Waals surface area contributed by atoms with E-state index in [2.05, 4.69) is 35.1 Å². The van der Waals surface area contributed by atoms with Crippen molar-refractivity contribution >= 4 is 45.2 Å². The van der Waals surface area contributed by atoms with Crippen molar-refractivity contribution < 1.29 is 0 Å². The van der Waals surface area contributed by atoms with Crippen LogP contribution in [0.2, 0.25) is 5.02 Å². The number of anilines is 2. The topological polar surface area (TPSA) is 122 Å². The largest absolute Gasteiger partial charge is 0.361 e. The van der Waals surface area contributed by atoms with E-state index in [1.54, 1.807) is 23.2 Å². The zero-order valence-electron chi connectivity index (χ0n) is 24.0. The van der Waals surface area contributed by atoms with Crippen LogP contribution < -0.4 is 21.2 Å². The highest BCUT2D eigenvalue weighted by Crippen LogP contribution is 2.36. The number of H-pyrrole nitrogens is 1. The van der Waals surface area contributed by atoms with Crippen molar-refractivity contribution in [1.29, 1.82) is 0 Å². The highest BCUT2D eigenvalue weighted by molar-refractivity contribution is 6.36. The lowest BCUT2D eigenvalue weighted by atomic mass is 9.99. The molecule has 0 spiro atoms. The first kappa shape index (κ1) is 27.7. The third-order valence-electron chi connectivity index (χ3n) is 8.10. The second-order valence-corrected chi connectivity index (χ2v) is 11.3. The molecule has 1 fully saturated rings. The third-order valence-corrected chi connectivity index (χ3v) is 8.50. The standard InChI is InChI=1S/C33H29ClN8O2/c1-20(40-31-27-25(43)13-14-35-30(27)38-19-39-31)29-28(34)24-12-8-11-23(26(24)32(44)42(29)22-9-4-2-5-10-22)21-17-36-33(37-18-21)41-15-6-3-7-16-41/h2,4-5,8-14,17-20H,3,6-7,15-16H2,1H3,(H2,35,38,39,40,43)/t20-/m0/s1. The Hall–Kier alpha value is -5.09. The van der Waals surface area contributed by atoms with E-state index in [9.17, 15) is 9.59 Å². The van der Waals surface area contributed by atoms with Crippen LogP contribution in [-0.2, 0) is 0 Å². The first-order chi connectivity index (χ1) is 21.5. The maximum Gasteiger partial charge on any atom is 0.263 e. The molecule has 1 atom stereocenters. The molecule has 11 heteroatoms. The summed E-state index contributed by atoms with van der Waals surface area (Å²) in [4.78, 5) is 50.4. The number of pyridine rings is 2. The van der Waals surface area contributed by atoms with Gasteiger partial charge in [-0.1, -0.05) is 48.0 Å². The van der Waals surface area contributed by atoms with Gasteiger partial charge in [0.1, 0.15) is 23.2 Å². The van der Waals surface area contributed by atoms with Gasteiger partial charge >= 0.3 is 0 Å². The van der Waals surface area contributed by atoms with Gasteiger partial charge in [-0.2, -0.15) is 0 Å². The molecular formula is C33H29ClN8O2. The van der Waals surface area contributed by atoms with Crippen molar-refractivity contribution in [1.82, 2.24) is 29.5 Å². The van der Waals surface area contributed by atoms with Gasteiger partial charge < -0.3 is 15.2 Å². The molecular weight excluding hydrogens is 576 g/mol. The highest BCUT2D eigenvalue weighted by atomic mass is 35.5. The summed E-state index contributed by atoms with van der Waals surface area (Å²) in [6.07, 6.45) is 9.97. The Labute approximate surface area is 257 Å². The molecule has 0 saturated carbocycles. The Morgan fingerprint density at radius 3 is 2.43 bits per heavy atom. The second-order valence-electron chi connectivity index (χ2n) is 10.9. The first-order valence-corrected chi connectivity index (χ1v) is 15.0. The molecule has 0 radical (unpaired) electrons. The maximum atomic E-state index is 14.6. The number of rotatable bonds is 6. The van der Waals surface area contributed by atoms with Gasteiger partial charge in [-0.25, -0.2) is 19.9 Å². The van der Waals surface area contributed by atoms with E-state index >= 15 is 0 Å². The molecule has 2 N–H and O–H groups in total. The number of nitrogens with one attached hydrogen (secondary N) is 2. The van der Waals surface area contributed by atoms with Crippen LogP contribution in [0.25, 0.3) is 38.6 Å². The minimum Gasteiger partial charge on any atom is -0.361 e. The summed E-state index contributed by atoms with van der Waals surface area (Å²) in [5.41, 5.74) is 2.56. The van der Waals surface area contributed by atoms with Gasteiger partial charge in [0, 0.05) is 54.4 Å². The fourth-order valence-electron chi connectivity index (χ4n) is 5.99. The number of para-hydroxylation sites is 1. The number of fused-ring (bicyclic) bond motifs is 2. The van der Waals surface area contributed by atoms with Gasteiger partial charge in [-0.05, 0) is 43.9 Å². The van der Waals surface area contributed by atoms with Gasteiger partial charge in [0.05, 0.1) is 22.1 Å². The summed E-state index contributed by atoms with van der Waals surface area (Å²) < 4.78 is 1.63. The predicted octanol–water partition coefficient (Wildman–Crippen LogP) is 5.90. The van der Waals surface area contributed by atoms with Crippen molar-refractivity contribution in [2.45, 2.75) is 32.2 Å². The van der Waals surface area contributed by atoms with Gasteiger partial charge in [-0.15, -0.1) is 0 Å². The fraction of sp³-hybridized carbons (Fsp3) is 0.212. The van der Waals surface area contributed by atoms with Crippen LogP contribution in [0.15, 0.2) is 89.1 Å². The minimum atomic E-state index is -0.534. The van der Waals surface area contributed by atoms with E-state index in [-0.39, 0.29) is 11.0 Å². The molecule has 7 rings (SSSR count). The highest BCUT2D eigenvalue weighted by Gasteiger charge is 2.25. The van der Waals surface area contributed by atoms with Crippen LogP contribution in [0.5, 0.6) is 0 Å². The summed E-state index contributed by atoms with van der Waals surface area (Å²) in [6, 6.07) is 15.9. The normalized spacial score (nSPS) is 14.2. The molecule has 1 aliphatic rings. The molecule has 10 nitrogen and oxygen atoms in total. The van der Waals surface area contributed by atoms with E-state index in [0.29, 0.717) is 55.5 Å². The first-order valence-electron chi connectivity index (χ1n) is 14.6. The number of hydrogen-bond acceptors (Lipinski definition) is 8. The molecule has 6 aromatic rings. The smallest absolute Gasteiger partial charge is 0.263 e. The van der Waals surface area contributed by atoms with Crippen molar-refractivity contribution in [2.24, 2.45) is 0 Å². The van der Waals surface area contributed by atoms with Crippen molar-refractivity contribution in [2.75, 3.05) is 23.3 Å². The van der Waals surface area contributed by atoms with Crippen LogP contribution in [0.3, 0.4) is 0 Å². The summed E-state index contributed by atoms with van der Waals surface area (Å²) >= 11 is 7.23. The molecule has 44 heavy (non-hydrogen) atoms. The number of halogens is 1. The van der Waals surface area contributed by atoms with Crippen molar-refractivity contribution in [3.8, 4) is 16.8 Å². The average molecular weight is 605 g/mol. The molecule has 1 saturated heterocycles. The minimum absolute atomic E-state index is 0.225. The molecule has 1 aliphatic heterocycles. The zero-order valence-corrected chi connectivity index (χ0v) is 24.8. The number of benzene rings is 2. The molecule has 2 aromatic carbocycles. The van der Waals surface area contributed by atoms with E-state index in [4.69, 9.17) is 11.6 Å². The van der Waals surface area contributed by atoms with Crippen LogP contribution in [0.4, 0.5) is 11.8 Å². The fourth-order valence-corrected chi connectivity index (χ4v) is 6.39. The summed E-state index contributed by atoms with van der Waals surface area (Å²) in [5, 5.41) is 5.13. The predicted molar refractivity (Wildman–Crippen MR) is 174 cm³/mol. The van der Waals surface area contributed by atoms with Gasteiger partial charge in [0.15, 0.2) is 5.43 Å². The maximum absolute atomic E-state index is 14.6. The molecule has 4 aromatic heterocycles. The second kappa shape index (κ2) is 11.5. The van der Waals surface area contributed by atoms with Crippen LogP contribution in [0.1, 0.15) is 37.9 Å². The van der Waals surface area contributed by atoms with Crippen LogP contribution in [-0.4, -0.2) is 42.6 Å². The Kier molecular flexibility index (Phi) is 7.27. The molecule has 0 unspecified atom stereocenters. The lowest BCUT2D eigenvalue weighted by Gasteiger charge is -2.26. The molecule has 220 valence electrons. The van der Waals surface area contributed by atoms with Gasteiger partial charge in [0.2, 0.25) is 5.95 Å². The molecule has 0 bridgehead atoms. The van der Waals surface area contributed by atoms with Crippen LogP contribution in [0, 0.1) is 0 Å². The van der Waals surface area contributed by atoms with Gasteiger partial charge in [-0.3, -0.25) is 14.2 Å². The van der Waals surface area contributed by atoms with E-state index in [1.807, 2.05) is 55.5 Å². The van der Waals surface area contributed by atoms with Crippen molar-refractivity contribution in [3.05, 3.63) is 111 Å². The van der Waals surface area contributed by atoms with Gasteiger partial charge in [0.25, 0.3) is 5.56 Å². The summed E-state index contributed by atoms with van der Waals surface area (Å²) in [6.45, 7) is 3.77. The van der Waals surface area contributed by atoms with E-state index in [0.717, 1.165) is 31.5 Å². The molecule has 0 aliphatic carbocycles. The Balaban J connectivity index is 1.39. The molecule has 5 heterocycles.